The molecular formula is C35H27ClN2O5. The van der Waals surface area contributed by atoms with Crippen molar-refractivity contribution >= 4 is 35.1 Å². The first kappa shape index (κ1) is 27.1. The Bertz CT molecular complexity index is 1700. The average molecular weight is 591 g/mol. The Kier molecular flexibility index (Phi) is 6.43. The van der Waals surface area contributed by atoms with Gasteiger partial charge in [-0.25, -0.2) is 5.01 Å². The Morgan fingerprint density at radius 2 is 1.21 bits per heavy atom. The summed E-state index contributed by atoms with van der Waals surface area (Å²) >= 11 is 6.44. The molecule has 0 N–H and O–H groups in total. The van der Waals surface area contributed by atoms with Gasteiger partial charge in [0, 0.05) is 17.4 Å². The highest BCUT2D eigenvalue weighted by atomic mass is 35.5. The van der Waals surface area contributed by atoms with Crippen LogP contribution in [0.5, 0.6) is 5.75 Å². The minimum Gasteiger partial charge on any atom is -0.497 e. The van der Waals surface area contributed by atoms with E-state index in [9.17, 15) is 19.2 Å². The summed E-state index contributed by atoms with van der Waals surface area (Å²) in [6, 6.07) is 27.5. The van der Waals surface area contributed by atoms with Crippen LogP contribution in [0.1, 0.15) is 61.7 Å². The van der Waals surface area contributed by atoms with Crippen LogP contribution in [-0.2, 0) is 9.59 Å². The van der Waals surface area contributed by atoms with Crippen LogP contribution in [0, 0.1) is 11.8 Å². The zero-order valence-corrected chi connectivity index (χ0v) is 24.2. The number of carbonyl (C=O) groups excluding carboxylic acids is 4. The number of imide groups is 1. The molecule has 8 heteroatoms. The van der Waals surface area contributed by atoms with E-state index in [1.54, 1.807) is 42.5 Å². The van der Waals surface area contributed by atoms with Crippen molar-refractivity contribution in [1.29, 1.82) is 0 Å². The van der Waals surface area contributed by atoms with Crippen molar-refractivity contribution in [3.63, 3.8) is 0 Å². The predicted octanol–water partition coefficient (Wildman–Crippen LogP) is 5.87. The molecule has 0 unspecified atom stereocenters. The second kappa shape index (κ2) is 10.2. The lowest BCUT2D eigenvalue weighted by Gasteiger charge is -2.45. The molecule has 4 aromatic carbocycles. The van der Waals surface area contributed by atoms with Gasteiger partial charge in [-0.15, -0.1) is 0 Å². The van der Waals surface area contributed by atoms with Gasteiger partial charge in [0.05, 0.1) is 29.5 Å². The number of benzene rings is 4. The summed E-state index contributed by atoms with van der Waals surface area (Å²) in [5, 5.41) is 2.11. The fourth-order valence-electron chi connectivity index (χ4n) is 7.18. The average Bonchev–Trinajstić information content (AvgIpc) is 3.30. The largest absolute Gasteiger partial charge is 0.497 e. The Balaban J connectivity index is 1.35. The van der Waals surface area contributed by atoms with Crippen molar-refractivity contribution in [3.8, 4) is 5.75 Å². The van der Waals surface area contributed by atoms with E-state index in [1.165, 1.54) is 20.1 Å². The van der Waals surface area contributed by atoms with E-state index in [-0.39, 0.29) is 22.4 Å². The first-order valence-electron chi connectivity index (χ1n) is 14.1. The number of Topliss-reactive ketones (excluding diaryl/α,β-unsaturated/α-hetero) is 1. The standard InChI is InChI=1S/C35H27ClN2O5/c1-19(32(39)20-15-17-21(43-2)18-16-20)37(33(40)26-13-7-8-14-27(26)36)38-34(41)30-28-22-9-3-4-10-23(22)29(31(30)35(38)42)25-12-6-5-11-24(25)28/h3-19,28-31H,1-2H3/t19-,28?,29?,30-,31+/m0/s1. The number of rotatable bonds is 6. The molecule has 1 saturated heterocycles. The molecule has 1 heterocycles. The normalized spacial score (nSPS) is 22.0. The van der Waals surface area contributed by atoms with Crippen LogP contribution in [-0.4, -0.2) is 46.7 Å². The molecule has 3 aliphatic carbocycles. The van der Waals surface area contributed by atoms with Gasteiger partial charge >= 0.3 is 0 Å². The maximum Gasteiger partial charge on any atom is 0.275 e. The van der Waals surface area contributed by atoms with Crippen LogP contribution in [0.4, 0.5) is 0 Å². The van der Waals surface area contributed by atoms with Crippen molar-refractivity contribution in [2.45, 2.75) is 24.8 Å². The molecule has 8 rings (SSSR count). The van der Waals surface area contributed by atoms with Crippen molar-refractivity contribution < 1.29 is 23.9 Å². The molecule has 3 amide bonds. The van der Waals surface area contributed by atoms with Crippen LogP contribution in [0.3, 0.4) is 0 Å². The van der Waals surface area contributed by atoms with Gasteiger partial charge in [-0.05, 0) is 65.6 Å². The highest BCUT2D eigenvalue weighted by Crippen LogP contribution is 2.61. The minimum atomic E-state index is -1.20. The van der Waals surface area contributed by atoms with Gasteiger partial charge in [-0.1, -0.05) is 72.3 Å². The lowest BCUT2D eigenvalue weighted by Crippen LogP contribution is -2.56. The molecule has 0 radical (unpaired) electrons. The Morgan fingerprint density at radius 1 is 0.744 bits per heavy atom. The van der Waals surface area contributed by atoms with E-state index in [0.717, 1.165) is 32.3 Å². The topological polar surface area (TPSA) is 84.0 Å². The number of nitrogens with zero attached hydrogens (tertiary/aromatic N) is 2. The number of ether oxygens (including phenoxy) is 1. The maximum absolute atomic E-state index is 14.5. The van der Waals surface area contributed by atoms with Crippen molar-refractivity contribution in [1.82, 2.24) is 10.0 Å². The van der Waals surface area contributed by atoms with Gasteiger partial charge in [-0.2, -0.15) is 5.01 Å². The molecule has 43 heavy (non-hydrogen) atoms. The van der Waals surface area contributed by atoms with E-state index < -0.39 is 41.4 Å². The molecular weight excluding hydrogens is 564 g/mol. The highest BCUT2D eigenvalue weighted by Gasteiger charge is 2.63. The second-order valence-electron chi connectivity index (χ2n) is 11.2. The summed E-state index contributed by atoms with van der Waals surface area (Å²) in [6.07, 6.45) is 0. The Labute approximate surface area is 253 Å². The van der Waals surface area contributed by atoms with Gasteiger partial charge in [0.1, 0.15) is 11.8 Å². The molecule has 7 nitrogen and oxygen atoms in total. The van der Waals surface area contributed by atoms with E-state index in [4.69, 9.17) is 16.3 Å². The second-order valence-corrected chi connectivity index (χ2v) is 11.6. The fourth-order valence-corrected chi connectivity index (χ4v) is 7.40. The van der Waals surface area contributed by atoms with Crippen LogP contribution in [0.25, 0.3) is 0 Å². The third kappa shape index (κ3) is 3.95. The van der Waals surface area contributed by atoms with Gasteiger partial charge in [0.25, 0.3) is 17.7 Å². The zero-order valence-electron chi connectivity index (χ0n) is 23.4. The van der Waals surface area contributed by atoms with Crippen molar-refractivity contribution in [2.24, 2.45) is 11.8 Å². The summed E-state index contributed by atoms with van der Waals surface area (Å²) < 4.78 is 5.22. The summed E-state index contributed by atoms with van der Waals surface area (Å²) in [4.78, 5) is 57.2. The van der Waals surface area contributed by atoms with Crippen LogP contribution in [0.15, 0.2) is 97.1 Å². The molecule has 0 aromatic heterocycles. The van der Waals surface area contributed by atoms with Crippen molar-refractivity contribution in [2.75, 3.05) is 7.11 Å². The number of ketones is 1. The van der Waals surface area contributed by atoms with Crippen LogP contribution < -0.4 is 4.74 Å². The number of amides is 3. The number of hydrogen-bond donors (Lipinski definition) is 0. The third-order valence-corrected chi connectivity index (χ3v) is 9.40. The summed E-state index contributed by atoms with van der Waals surface area (Å²) in [7, 11) is 1.52. The zero-order chi connectivity index (χ0) is 30.0. The molecule has 4 aliphatic rings. The Morgan fingerprint density at radius 3 is 1.67 bits per heavy atom. The van der Waals surface area contributed by atoms with E-state index in [0.29, 0.717) is 11.3 Å². The molecule has 4 aromatic rings. The lowest BCUT2D eigenvalue weighted by molar-refractivity contribution is -0.156. The molecule has 1 aliphatic heterocycles. The smallest absolute Gasteiger partial charge is 0.275 e. The van der Waals surface area contributed by atoms with Crippen LogP contribution >= 0.6 is 11.6 Å². The number of halogens is 1. The number of methoxy groups -OCH3 is 1. The Hall–Kier alpha value is -4.75. The fraction of sp³-hybridized carbons (Fsp3) is 0.200. The molecule has 214 valence electrons. The molecule has 3 atom stereocenters. The summed E-state index contributed by atoms with van der Waals surface area (Å²) in [6.45, 7) is 1.53. The van der Waals surface area contributed by atoms with E-state index in [2.05, 4.69) is 0 Å². The minimum absolute atomic E-state index is 0.0866. The predicted molar refractivity (Wildman–Crippen MR) is 160 cm³/mol. The SMILES string of the molecule is COc1ccc(C(=O)[C@H](C)N(C(=O)c2ccccc2Cl)N2C(=O)[C@@H]3C4c5ccccc5C(c5ccccc54)[C@@H]3C2=O)cc1. The molecule has 2 bridgehead atoms. The highest BCUT2D eigenvalue weighted by molar-refractivity contribution is 6.34. The number of carbonyl (C=O) groups is 4. The maximum atomic E-state index is 14.5. The quantitative estimate of drug-likeness (QED) is 0.207. The molecule has 1 fully saturated rings. The monoisotopic (exact) mass is 590 g/mol. The van der Waals surface area contributed by atoms with Crippen molar-refractivity contribution in [3.05, 3.63) is 135 Å². The first-order chi connectivity index (χ1) is 20.8. The molecule has 0 saturated carbocycles. The molecule has 0 spiro atoms. The van der Waals surface area contributed by atoms with Gasteiger partial charge < -0.3 is 4.74 Å². The number of hydrazine groups is 1. The van der Waals surface area contributed by atoms with E-state index in [1.807, 2.05) is 48.5 Å². The summed E-state index contributed by atoms with van der Waals surface area (Å²) in [5.74, 6) is -3.71. The summed E-state index contributed by atoms with van der Waals surface area (Å²) in [5.41, 5.74) is 4.46. The van der Waals surface area contributed by atoms with Gasteiger partial charge in [0.2, 0.25) is 0 Å². The lowest BCUT2D eigenvalue weighted by atomic mass is 9.55. The first-order valence-corrected chi connectivity index (χ1v) is 14.5. The van der Waals surface area contributed by atoms with Gasteiger partial charge in [0.15, 0.2) is 5.78 Å². The third-order valence-electron chi connectivity index (χ3n) is 9.07. The van der Waals surface area contributed by atoms with E-state index >= 15 is 0 Å². The number of hydrogen-bond acceptors (Lipinski definition) is 5. The van der Waals surface area contributed by atoms with Crippen LogP contribution in [0.2, 0.25) is 5.02 Å². The van der Waals surface area contributed by atoms with Gasteiger partial charge in [-0.3, -0.25) is 19.2 Å².